The summed E-state index contributed by atoms with van der Waals surface area (Å²) in [5.41, 5.74) is -2.30. The number of amides is 1. The predicted octanol–water partition coefficient (Wildman–Crippen LogP) is 0.0458. The summed E-state index contributed by atoms with van der Waals surface area (Å²) in [6.45, 7) is 1.01. The number of aliphatic hydroxyl groups is 1. The molecule has 0 saturated heterocycles. The fourth-order valence-electron chi connectivity index (χ4n) is 1.80. The molecule has 0 aliphatic carbocycles. The molecule has 0 spiro atoms. The molecule has 0 saturated carbocycles. The minimum absolute atomic E-state index is 0.163. The van der Waals surface area contributed by atoms with E-state index in [1.165, 1.54) is 0 Å². The van der Waals surface area contributed by atoms with Crippen molar-refractivity contribution < 1.29 is 22.7 Å². The number of sulfone groups is 1. The summed E-state index contributed by atoms with van der Waals surface area (Å²) in [4.78, 5) is 15.4. The maximum atomic E-state index is 12.9. The van der Waals surface area contributed by atoms with Crippen molar-refractivity contribution in [2.24, 2.45) is 0 Å². The van der Waals surface area contributed by atoms with Gasteiger partial charge in [0.1, 0.15) is 11.9 Å². The van der Waals surface area contributed by atoms with E-state index >= 15 is 0 Å². The van der Waals surface area contributed by atoms with Crippen molar-refractivity contribution in [2.75, 3.05) is 11.1 Å². The van der Waals surface area contributed by atoms with Crippen LogP contribution in [0.4, 0.5) is 10.2 Å². The van der Waals surface area contributed by atoms with Crippen molar-refractivity contribution >= 4 is 21.6 Å². The summed E-state index contributed by atoms with van der Waals surface area (Å²) in [5, 5.41) is 27.8. The minimum atomic E-state index is -4.05. The van der Waals surface area contributed by atoms with Gasteiger partial charge in [0.15, 0.2) is 21.3 Å². The number of hydrogen-bond donors (Lipinski definition) is 2. The summed E-state index contributed by atoms with van der Waals surface area (Å²) in [5.74, 6) is -2.99. The number of benzene rings is 1. The van der Waals surface area contributed by atoms with Gasteiger partial charge in [-0.15, -0.1) is 10.2 Å². The SMILES string of the molecule is C[C@](O)(CS(=O)(=O)c1ccc(F)cc1)C(=O)Nc1cnc(C#N)nn1. The Hall–Kier alpha value is -2.97. The average molecular weight is 365 g/mol. The van der Waals surface area contributed by atoms with E-state index in [0.29, 0.717) is 0 Å². The second-order valence-electron chi connectivity index (χ2n) is 5.22. The number of rotatable bonds is 5. The highest BCUT2D eigenvalue weighted by atomic mass is 32.2. The van der Waals surface area contributed by atoms with E-state index in [4.69, 9.17) is 5.26 Å². The third kappa shape index (κ3) is 4.52. The molecule has 1 aromatic carbocycles. The Bertz CT molecular complexity index is 921. The molecule has 0 aliphatic heterocycles. The zero-order chi connectivity index (χ0) is 18.7. The zero-order valence-electron chi connectivity index (χ0n) is 12.8. The minimum Gasteiger partial charge on any atom is -0.379 e. The topological polar surface area (TPSA) is 146 Å². The first kappa shape index (κ1) is 18.4. The van der Waals surface area contributed by atoms with Crippen LogP contribution in [0.15, 0.2) is 35.4 Å². The van der Waals surface area contributed by atoms with Gasteiger partial charge in [0, 0.05) is 0 Å². The Labute approximate surface area is 142 Å². The van der Waals surface area contributed by atoms with E-state index in [0.717, 1.165) is 37.4 Å². The van der Waals surface area contributed by atoms with E-state index in [2.05, 4.69) is 20.5 Å². The molecule has 0 radical (unpaired) electrons. The lowest BCUT2D eigenvalue weighted by Crippen LogP contribution is -2.46. The number of nitriles is 1. The molecule has 11 heteroatoms. The number of nitrogens with one attached hydrogen (secondary N) is 1. The molecule has 0 fully saturated rings. The summed E-state index contributed by atoms with van der Waals surface area (Å²) in [7, 11) is -4.05. The molecule has 1 amide bonds. The highest BCUT2D eigenvalue weighted by Gasteiger charge is 2.37. The van der Waals surface area contributed by atoms with Crippen molar-refractivity contribution in [3.05, 3.63) is 42.1 Å². The van der Waals surface area contributed by atoms with Crippen LogP contribution in [0, 0.1) is 17.1 Å². The van der Waals surface area contributed by atoms with Gasteiger partial charge in [-0.05, 0) is 31.2 Å². The largest absolute Gasteiger partial charge is 0.379 e. The van der Waals surface area contributed by atoms with Crippen LogP contribution in [-0.2, 0) is 14.6 Å². The molecule has 130 valence electrons. The van der Waals surface area contributed by atoms with Crippen LogP contribution in [0.5, 0.6) is 0 Å². The quantitative estimate of drug-likeness (QED) is 0.707. The Morgan fingerprint density at radius 1 is 1.36 bits per heavy atom. The van der Waals surface area contributed by atoms with E-state index in [1.54, 1.807) is 6.07 Å². The van der Waals surface area contributed by atoms with Gasteiger partial charge in [-0.3, -0.25) is 4.79 Å². The number of halogens is 1. The highest BCUT2D eigenvalue weighted by Crippen LogP contribution is 2.18. The number of carbonyl (C=O) groups is 1. The van der Waals surface area contributed by atoms with Gasteiger partial charge in [-0.2, -0.15) is 5.26 Å². The van der Waals surface area contributed by atoms with Crippen molar-refractivity contribution in [1.29, 1.82) is 5.26 Å². The number of carbonyl (C=O) groups excluding carboxylic acids is 1. The van der Waals surface area contributed by atoms with Gasteiger partial charge >= 0.3 is 0 Å². The lowest BCUT2D eigenvalue weighted by molar-refractivity contribution is -0.130. The van der Waals surface area contributed by atoms with E-state index < -0.39 is 32.9 Å². The molecular formula is C14H12FN5O4S. The van der Waals surface area contributed by atoms with Crippen molar-refractivity contribution in [3.63, 3.8) is 0 Å². The van der Waals surface area contributed by atoms with Crippen LogP contribution in [0.3, 0.4) is 0 Å². The number of hydrogen-bond acceptors (Lipinski definition) is 8. The monoisotopic (exact) mass is 365 g/mol. The van der Waals surface area contributed by atoms with Crippen LogP contribution >= 0.6 is 0 Å². The van der Waals surface area contributed by atoms with Gasteiger partial charge < -0.3 is 10.4 Å². The first-order chi connectivity index (χ1) is 11.6. The third-order valence-electron chi connectivity index (χ3n) is 3.04. The standard InChI is InChI=1S/C14H12FN5O4S/c1-14(22,8-25(23,24)10-4-2-9(15)3-5-10)13(21)18-12-7-17-11(6-16)19-20-12/h2-5,7,22H,8H2,1H3,(H,18,20,21)/t14-/m0/s1. The van der Waals surface area contributed by atoms with Gasteiger partial charge in [0.25, 0.3) is 11.7 Å². The third-order valence-corrected chi connectivity index (χ3v) is 4.97. The van der Waals surface area contributed by atoms with Crippen molar-refractivity contribution in [2.45, 2.75) is 17.4 Å². The molecule has 2 rings (SSSR count). The maximum Gasteiger partial charge on any atom is 0.258 e. The molecule has 25 heavy (non-hydrogen) atoms. The second-order valence-corrected chi connectivity index (χ2v) is 7.21. The Kier molecular flexibility index (Phi) is 5.05. The Balaban J connectivity index is 2.14. The fraction of sp³-hybridized carbons (Fsp3) is 0.214. The van der Waals surface area contributed by atoms with E-state index in [-0.39, 0.29) is 16.5 Å². The summed E-state index contributed by atoms with van der Waals surface area (Å²) in [6, 6.07) is 5.63. The van der Waals surface area contributed by atoms with Crippen molar-refractivity contribution in [1.82, 2.24) is 15.2 Å². The Morgan fingerprint density at radius 3 is 2.52 bits per heavy atom. The highest BCUT2D eigenvalue weighted by molar-refractivity contribution is 7.91. The molecule has 0 aliphatic rings. The molecule has 9 nitrogen and oxygen atoms in total. The molecule has 1 heterocycles. The molecule has 1 atom stereocenters. The average Bonchev–Trinajstić information content (AvgIpc) is 2.55. The van der Waals surface area contributed by atoms with Crippen LogP contribution in [0.1, 0.15) is 12.7 Å². The molecule has 2 N–H and O–H groups in total. The number of nitrogens with zero attached hydrogens (tertiary/aromatic N) is 4. The lowest BCUT2D eigenvalue weighted by Gasteiger charge is -2.21. The fourth-order valence-corrected chi connectivity index (χ4v) is 3.38. The Morgan fingerprint density at radius 2 is 2.00 bits per heavy atom. The van der Waals surface area contributed by atoms with Gasteiger partial charge in [-0.25, -0.2) is 17.8 Å². The molecule has 0 unspecified atom stereocenters. The normalized spacial score (nSPS) is 13.5. The maximum absolute atomic E-state index is 12.9. The predicted molar refractivity (Wildman–Crippen MR) is 82.2 cm³/mol. The zero-order valence-corrected chi connectivity index (χ0v) is 13.7. The van der Waals surface area contributed by atoms with Crippen LogP contribution in [-0.4, -0.2) is 46.0 Å². The first-order valence-corrected chi connectivity index (χ1v) is 8.41. The molecule has 0 bridgehead atoms. The molecule has 2 aromatic rings. The van der Waals surface area contributed by atoms with Crippen molar-refractivity contribution in [3.8, 4) is 6.07 Å². The van der Waals surface area contributed by atoms with Crippen LogP contribution in [0.2, 0.25) is 0 Å². The number of anilines is 1. The van der Waals surface area contributed by atoms with Gasteiger partial charge in [0.2, 0.25) is 0 Å². The molecular weight excluding hydrogens is 353 g/mol. The second kappa shape index (κ2) is 6.88. The van der Waals surface area contributed by atoms with E-state index in [1.807, 2.05) is 0 Å². The summed E-state index contributed by atoms with van der Waals surface area (Å²) in [6.07, 6.45) is 1.04. The smallest absolute Gasteiger partial charge is 0.258 e. The van der Waals surface area contributed by atoms with Gasteiger partial charge in [-0.1, -0.05) is 0 Å². The molecule has 1 aromatic heterocycles. The van der Waals surface area contributed by atoms with Crippen LogP contribution < -0.4 is 5.32 Å². The lowest BCUT2D eigenvalue weighted by atomic mass is 10.1. The van der Waals surface area contributed by atoms with E-state index in [9.17, 15) is 22.7 Å². The van der Waals surface area contributed by atoms with Crippen LogP contribution in [0.25, 0.3) is 0 Å². The van der Waals surface area contributed by atoms with Gasteiger partial charge in [0.05, 0.1) is 16.8 Å². The first-order valence-electron chi connectivity index (χ1n) is 6.76. The summed E-state index contributed by atoms with van der Waals surface area (Å²) >= 11 is 0. The summed E-state index contributed by atoms with van der Waals surface area (Å²) < 4.78 is 37.4. The number of aromatic nitrogens is 3.